The van der Waals surface area contributed by atoms with Gasteiger partial charge in [-0.3, -0.25) is 0 Å². The normalized spacial score (nSPS) is 8.43. The van der Waals surface area contributed by atoms with E-state index in [0.29, 0.717) is 0 Å². The minimum absolute atomic E-state index is 0. The molecule has 4 nitrogen and oxygen atoms in total. The van der Waals surface area contributed by atoms with Crippen LogP contribution in [0.1, 0.15) is 0 Å². The topological polar surface area (TPSA) is 86.2 Å². The van der Waals surface area contributed by atoms with Crippen molar-refractivity contribution in [3.05, 3.63) is 0 Å². The number of hydrogen-bond donors (Lipinski definition) is 0. The van der Waals surface area contributed by atoms with Gasteiger partial charge in [-0.1, -0.05) is 0 Å². The Morgan fingerprint density at radius 1 is 1.14 bits per heavy atom. The molecule has 0 aromatic heterocycles. The van der Waals surface area contributed by atoms with Gasteiger partial charge in [0.05, 0.1) is 0 Å². The average molecular weight is 224 g/mol. The molecule has 41 valence electrons. The second kappa shape index (κ2) is 5.39. The summed E-state index contributed by atoms with van der Waals surface area (Å²) >= 11 is 0. The van der Waals surface area contributed by atoms with E-state index in [1.165, 1.54) is 0 Å². The second-order valence-corrected chi connectivity index (χ2v) is 1.34. The maximum absolute atomic E-state index is 8.55. The van der Waals surface area contributed by atoms with Crippen LogP contribution in [0.15, 0.2) is 0 Å². The summed E-state index contributed by atoms with van der Waals surface area (Å²) in [7, 11) is -5.39. The fourth-order valence-electron chi connectivity index (χ4n) is 0. The zero-order valence-corrected chi connectivity index (χ0v) is 7.89. The van der Waals surface area contributed by atoms with Crippen LogP contribution in [0, 0.1) is 0 Å². The van der Waals surface area contributed by atoms with Gasteiger partial charge in [0, 0.05) is 0 Å². The maximum atomic E-state index is 8.55. The first-order valence-corrected chi connectivity index (χ1v) is 2.19. The molecule has 0 saturated heterocycles. The van der Waals surface area contributed by atoms with Crippen LogP contribution in [-0.4, -0.2) is 0 Å². The Kier molecular flexibility index (Phi) is 12.1. The van der Waals surface area contributed by atoms with Gasteiger partial charge in [0.1, 0.15) is 0 Å². The number of phosphoric acid groups is 1. The van der Waals surface area contributed by atoms with E-state index in [0.717, 1.165) is 0 Å². The largest absolute Gasteiger partial charge is 2.00 e. The van der Waals surface area contributed by atoms with Crippen molar-refractivity contribution >= 4 is 7.82 Å². The molecule has 0 saturated carbocycles. The van der Waals surface area contributed by atoms with E-state index in [1.54, 1.807) is 0 Å². The molecule has 0 heterocycles. The average Bonchev–Trinajstić information content (AvgIpc) is 0.722. The number of hydrogen-bond acceptors (Lipinski definition) is 4. The Morgan fingerprint density at radius 2 is 1.14 bits per heavy atom. The summed E-state index contributed by atoms with van der Waals surface area (Å²) in [6.45, 7) is 0. The van der Waals surface area contributed by atoms with Gasteiger partial charge >= 0.3 is 36.5 Å². The van der Waals surface area contributed by atoms with Gasteiger partial charge in [-0.15, -0.1) is 0 Å². The smallest absolute Gasteiger partial charge is 0.822 e. The molecule has 0 spiro atoms. The predicted molar refractivity (Wildman–Crippen MR) is 7.61 cm³/mol. The van der Waals surface area contributed by atoms with Crippen molar-refractivity contribution in [2.45, 2.75) is 0 Å². The minimum Gasteiger partial charge on any atom is -0.822 e. The third kappa shape index (κ3) is 127. The van der Waals surface area contributed by atoms with Crippen molar-refractivity contribution in [1.82, 2.24) is 0 Å². The van der Waals surface area contributed by atoms with Gasteiger partial charge < -0.3 is 19.2 Å². The molecular formula is CuO4PZn+. The monoisotopic (exact) mass is 222 g/mol. The van der Waals surface area contributed by atoms with Crippen molar-refractivity contribution in [2.24, 2.45) is 0 Å². The van der Waals surface area contributed by atoms with Gasteiger partial charge in [-0.25, -0.2) is 0 Å². The van der Waals surface area contributed by atoms with Crippen molar-refractivity contribution in [3.8, 4) is 0 Å². The summed E-state index contributed by atoms with van der Waals surface area (Å²) in [6, 6.07) is 0. The molecule has 0 aliphatic carbocycles. The van der Waals surface area contributed by atoms with Crippen LogP contribution >= 0.6 is 7.82 Å². The fraction of sp³-hybridized carbons (Fsp3) is 0. The first-order valence-electron chi connectivity index (χ1n) is 0.730. The minimum atomic E-state index is -5.39. The van der Waals surface area contributed by atoms with Gasteiger partial charge in [0.2, 0.25) is 0 Å². The summed E-state index contributed by atoms with van der Waals surface area (Å²) in [5, 5.41) is 0. The molecule has 0 rings (SSSR count). The summed E-state index contributed by atoms with van der Waals surface area (Å²) in [4.78, 5) is 25.6. The van der Waals surface area contributed by atoms with Gasteiger partial charge in [0.25, 0.3) is 0 Å². The molecule has 0 aliphatic heterocycles. The van der Waals surface area contributed by atoms with Crippen LogP contribution in [0.4, 0.5) is 0 Å². The van der Waals surface area contributed by atoms with Gasteiger partial charge in [0.15, 0.2) is 0 Å². The third-order valence-corrected chi connectivity index (χ3v) is 0. The van der Waals surface area contributed by atoms with Crippen LogP contribution < -0.4 is 14.7 Å². The van der Waals surface area contributed by atoms with E-state index in [4.69, 9.17) is 19.2 Å². The summed E-state index contributed by atoms with van der Waals surface area (Å²) in [5.74, 6) is 0. The molecule has 7 heteroatoms. The van der Waals surface area contributed by atoms with Crippen molar-refractivity contribution in [2.75, 3.05) is 0 Å². The SMILES string of the molecule is O=P([O-])([O-])[O-].[Cu+2].[Zn+2]. The van der Waals surface area contributed by atoms with E-state index >= 15 is 0 Å². The van der Waals surface area contributed by atoms with E-state index in [9.17, 15) is 0 Å². The summed E-state index contributed by atoms with van der Waals surface area (Å²) in [5.41, 5.74) is 0. The molecule has 0 bridgehead atoms. The fourth-order valence-corrected chi connectivity index (χ4v) is 0. The van der Waals surface area contributed by atoms with Crippen molar-refractivity contribution in [3.63, 3.8) is 0 Å². The molecule has 7 heavy (non-hydrogen) atoms. The molecule has 1 radical (unpaired) electrons. The standard InChI is InChI=1S/Cu.H3O4P.Zn/c;1-5(2,3)4;/h;(H3,1,2,3,4);/q+2;;+2/p-3. The molecular weight excluding hydrogens is 224 g/mol. The predicted octanol–water partition coefficient (Wildman–Crippen LogP) is -2.83. The first kappa shape index (κ1) is 15.7. The summed E-state index contributed by atoms with van der Waals surface area (Å²) in [6.07, 6.45) is 0. The van der Waals surface area contributed by atoms with Crippen LogP contribution in [0.5, 0.6) is 0 Å². The zero-order valence-electron chi connectivity index (χ0n) is 3.09. The Balaban J connectivity index is -0.0000000800. The van der Waals surface area contributed by atoms with Crippen LogP contribution in [0.3, 0.4) is 0 Å². The summed E-state index contributed by atoms with van der Waals surface area (Å²) < 4.78 is 8.55. The molecule has 0 amide bonds. The Hall–Kier alpha value is 1.25. The second-order valence-electron chi connectivity index (χ2n) is 0.447. The first-order chi connectivity index (χ1) is 2.00. The molecule has 0 atom stereocenters. The Labute approximate surface area is 63.8 Å². The van der Waals surface area contributed by atoms with Gasteiger partial charge in [-0.05, 0) is 0 Å². The van der Waals surface area contributed by atoms with Crippen molar-refractivity contribution in [1.29, 1.82) is 0 Å². The van der Waals surface area contributed by atoms with E-state index in [1.807, 2.05) is 0 Å². The molecule has 0 aromatic carbocycles. The Morgan fingerprint density at radius 3 is 1.14 bits per heavy atom. The van der Waals surface area contributed by atoms with E-state index < -0.39 is 7.82 Å². The maximum Gasteiger partial charge on any atom is 2.00 e. The van der Waals surface area contributed by atoms with Crippen LogP contribution in [-0.2, 0) is 41.1 Å². The van der Waals surface area contributed by atoms with Crippen LogP contribution in [0.25, 0.3) is 0 Å². The van der Waals surface area contributed by atoms with E-state index in [2.05, 4.69) is 0 Å². The van der Waals surface area contributed by atoms with Gasteiger partial charge in [-0.2, -0.15) is 7.82 Å². The van der Waals surface area contributed by atoms with E-state index in [-0.39, 0.29) is 36.5 Å². The Bertz CT molecular complexity index is 57.8. The molecule has 0 unspecified atom stereocenters. The third-order valence-electron chi connectivity index (χ3n) is 0. The molecule has 0 aliphatic rings. The zero-order chi connectivity index (χ0) is 4.50. The van der Waals surface area contributed by atoms with Crippen LogP contribution in [0.2, 0.25) is 0 Å². The molecule has 0 N–H and O–H groups in total. The van der Waals surface area contributed by atoms with Crippen molar-refractivity contribution < 1.29 is 55.8 Å². The number of rotatable bonds is 0. The molecule has 0 fully saturated rings. The quantitative estimate of drug-likeness (QED) is 0.327. The molecule has 0 aromatic rings.